The average molecular weight is 415 g/mol. The van der Waals surface area contributed by atoms with Crippen LogP contribution in [-0.2, 0) is 4.74 Å². The van der Waals surface area contributed by atoms with E-state index in [4.69, 9.17) is 4.74 Å². The van der Waals surface area contributed by atoms with E-state index < -0.39 is 0 Å². The van der Waals surface area contributed by atoms with Crippen LogP contribution in [0.1, 0.15) is 110 Å². The fourth-order valence-electron chi connectivity index (χ4n) is 3.98. The van der Waals surface area contributed by atoms with Crippen molar-refractivity contribution in [2.45, 2.75) is 110 Å². The van der Waals surface area contributed by atoms with E-state index in [1.165, 1.54) is 94.5 Å². The van der Waals surface area contributed by atoms with Crippen molar-refractivity contribution in [2.75, 3.05) is 6.61 Å². The molecule has 0 radical (unpaired) electrons. The van der Waals surface area contributed by atoms with Crippen LogP contribution in [0, 0.1) is 0 Å². The molecule has 0 aliphatic rings. The summed E-state index contributed by atoms with van der Waals surface area (Å²) in [6, 6.07) is 7.61. The lowest BCUT2D eigenvalue weighted by molar-refractivity contribution is 0.146. The second kappa shape index (κ2) is 15.9. The molecule has 2 aromatic rings. The minimum atomic E-state index is -0.329. The molecule has 1 aromatic carbocycles. The molecule has 0 saturated carbocycles. The molecule has 0 aliphatic heterocycles. The summed E-state index contributed by atoms with van der Waals surface area (Å²) >= 11 is 0. The van der Waals surface area contributed by atoms with Gasteiger partial charge in [0.05, 0.1) is 17.6 Å². The monoisotopic (exact) mass is 414 g/mol. The number of imidazole rings is 1. The molecule has 0 bridgehead atoms. The number of hydrogen-bond donors (Lipinski definition) is 0. The Morgan fingerprint density at radius 3 is 1.83 bits per heavy atom. The first-order valence-electron chi connectivity index (χ1n) is 12.4. The highest BCUT2D eigenvalue weighted by Gasteiger charge is 2.10. The van der Waals surface area contributed by atoms with Gasteiger partial charge in [0.15, 0.2) is 0 Å². The van der Waals surface area contributed by atoms with Crippen LogP contribution >= 0.6 is 0 Å². The van der Waals surface area contributed by atoms with Gasteiger partial charge in [-0.05, 0) is 18.6 Å². The Morgan fingerprint density at radius 2 is 1.27 bits per heavy atom. The maximum Gasteiger partial charge on any atom is 0.419 e. The summed E-state index contributed by atoms with van der Waals surface area (Å²) < 4.78 is 6.89. The van der Waals surface area contributed by atoms with Gasteiger partial charge in [0.25, 0.3) is 0 Å². The van der Waals surface area contributed by atoms with Crippen LogP contribution in [0.25, 0.3) is 11.0 Å². The summed E-state index contributed by atoms with van der Waals surface area (Å²) in [6.45, 7) is 2.77. The predicted octanol–water partition coefficient (Wildman–Crippen LogP) is 8.28. The molecular weight excluding hydrogens is 372 g/mol. The molecule has 0 N–H and O–H groups in total. The average Bonchev–Trinajstić information content (AvgIpc) is 3.20. The zero-order valence-corrected chi connectivity index (χ0v) is 19.1. The third-order valence-corrected chi connectivity index (χ3v) is 5.87. The van der Waals surface area contributed by atoms with Crippen LogP contribution in [0.15, 0.2) is 30.6 Å². The van der Waals surface area contributed by atoms with E-state index in [1.54, 1.807) is 6.33 Å². The highest BCUT2D eigenvalue weighted by Crippen LogP contribution is 2.14. The maximum absolute atomic E-state index is 12.2. The molecule has 0 amide bonds. The smallest absolute Gasteiger partial charge is 0.419 e. The number of rotatable bonds is 17. The van der Waals surface area contributed by atoms with Crippen LogP contribution in [-0.4, -0.2) is 22.3 Å². The SMILES string of the molecule is CCCCCCCCCCCCCCCCCCOC(=O)n1cnc2ccccc21. The number of fused-ring (bicyclic) bond motifs is 1. The number of unbranched alkanes of at least 4 members (excludes halogenated alkanes) is 15. The molecule has 168 valence electrons. The number of aromatic nitrogens is 2. The van der Waals surface area contributed by atoms with E-state index in [0.29, 0.717) is 6.61 Å². The zero-order chi connectivity index (χ0) is 21.3. The quantitative estimate of drug-likeness (QED) is 0.245. The summed E-state index contributed by atoms with van der Waals surface area (Å²) in [7, 11) is 0. The molecule has 0 fully saturated rings. The van der Waals surface area contributed by atoms with Crippen molar-refractivity contribution >= 4 is 17.1 Å². The van der Waals surface area contributed by atoms with Gasteiger partial charge in [-0.15, -0.1) is 0 Å². The molecule has 4 nitrogen and oxygen atoms in total. The van der Waals surface area contributed by atoms with Gasteiger partial charge >= 0.3 is 6.09 Å². The second-order valence-electron chi connectivity index (χ2n) is 8.52. The topological polar surface area (TPSA) is 44.1 Å². The minimum absolute atomic E-state index is 0.329. The van der Waals surface area contributed by atoms with Crippen LogP contribution in [0.5, 0.6) is 0 Å². The highest BCUT2D eigenvalue weighted by molar-refractivity contribution is 5.86. The zero-order valence-electron chi connectivity index (χ0n) is 19.1. The van der Waals surface area contributed by atoms with E-state index in [2.05, 4.69) is 11.9 Å². The van der Waals surface area contributed by atoms with Gasteiger partial charge in [-0.2, -0.15) is 0 Å². The van der Waals surface area contributed by atoms with Gasteiger partial charge in [0.2, 0.25) is 0 Å². The molecule has 4 heteroatoms. The molecule has 0 atom stereocenters. The van der Waals surface area contributed by atoms with Crippen LogP contribution in [0.3, 0.4) is 0 Å². The van der Waals surface area contributed by atoms with Crippen molar-refractivity contribution in [2.24, 2.45) is 0 Å². The number of carbonyl (C=O) groups excluding carboxylic acids is 1. The first kappa shape index (κ1) is 24.4. The lowest BCUT2D eigenvalue weighted by Crippen LogP contribution is -2.13. The predicted molar refractivity (Wildman–Crippen MR) is 126 cm³/mol. The molecule has 1 heterocycles. The van der Waals surface area contributed by atoms with Crippen molar-refractivity contribution in [3.05, 3.63) is 30.6 Å². The van der Waals surface area contributed by atoms with Gasteiger partial charge in [-0.3, -0.25) is 0 Å². The van der Waals surface area contributed by atoms with Gasteiger partial charge < -0.3 is 4.74 Å². The first-order chi connectivity index (χ1) is 14.8. The summed E-state index contributed by atoms with van der Waals surface area (Å²) in [5.74, 6) is 0. The van der Waals surface area contributed by atoms with E-state index in [1.807, 2.05) is 24.3 Å². The maximum atomic E-state index is 12.2. The number of carbonyl (C=O) groups is 1. The Balaban J connectivity index is 1.35. The van der Waals surface area contributed by atoms with Crippen molar-refractivity contribution < 1.29 is 9.53 Å². The Hall–Kier alpha value is -1.84. The van der Waals surface area contributed by atoms with E-state index in [0.717, 1.165) is 23.9 Å². The first-order valence-corrected chi connectivity index (χ1v) is 12.4. The number of ether oxygens (including phenoxy) is 1. The molecule has 0 unspecified atom stereocenters. The minimum Gasteiger partial charge on any atom is -0.449 e. The molecule has 2 rings (SSSR count). The van der Waals surface area contributed by atoms with Gasteiger partial charge in [-0.25, -0.2) is 14.3 Å². The van der Waals surface area contributed by atoms with Crippen molar-refractivity contribution in [1.29, 1.82) is 0 Å². The lowest BCUT2D eigenvalue weighted by atomic mass is 10.0. The molecule has 0 spiro atoms. The second-order valence-corrected chi connectivity index (χ2v) is 8.52. The van der Waals surface area contributed by atoms with E-state index >= 15 is 0 Å². The molecule has 1 aromatic heterocycles. The Labute approximate surface area is 183 Å². The fourth-order valence-corrected chi connectivity index (χ4v) is 3.98. The Morgan fingerprint density at radius 1 is 0.767 bits per heavy atom. The number of benzene rings is 1. The van der Waals surface area contributed by atoms with E-state index in [-0.39, 0.29) is 6.09 Å². The third-order valence-electron chi connectivity index (χ3n) is 5.87. The summed E-state index contributed by atoms with van der Waals surface area (Å²) in [6.07, 6.45) is 22.7. The number of para-hydroxylation sites is 2. The number of nitrogens with zero attached hydrogens (tertiary/aromatic N) is 2. The number of hydrogen-bond acceptors (Lipinski definition) is 3. The van der Waals surface area contributed by atoms with Crippen molar-refractivity contribution in [3.63, 3.8) is 0 Å². The lowest BCUT2D eigenvalue weighted by Gasteiger charge is -2.06. The Kier molecular flexibility index (Phi) is 13.0. The summed E-state index contributed by atoms with van der Waals surface area (Å²) in [5, 5.41) is 0. The highest BCUT2D eigenvalue weighted by atomic mass is 16.5. The normalized spacial score (nSPS) is 11.2. The van der Waals surface area contributed by atoms with Crippen molar-refractivity contribution in [3.8, 4) is 0 Å². The molecular formula is C26H42N2O2. The molecule has 0 aliphatic carbocycles. The van der Waals surface area contributed by atoms with Crippen LogP contribution in [0.4, 0.5) is 4.79 Å². The summed E-state index contributed by atoms with van der Waals surface area (Å²) in [5.41, 5.74) is 1.62. The molecule has 30 heavy (non-hydrogen) atoms. The third kappa shape index (κ3) is 9.77. The fraction of sp³-hybridized carbons (Fsp3) is 0.692. The van der Waals surface area contributed by atoms with Gasteiger partial charge in [-0.1, -0.05) is 115 Å². The standard InChI is InChI=1S/C26H42N2O2/c1-2-3-4-5-6-7-8-9-10-11-12-13-14-15-16-19-22-30-26(29)28-23-27-24-20-17-18-21-25(24)28/h17-18,20-21,23H,2-16,19,22H2,1H3. The van der Waals surface area contributed by atoms with E-state index in [9.17, 15) is 4.79 Å². The van der Waals surface area contributed by atoms with Gasteiger partial charge in [0, 0.05) is 0 Å². The van der Waals surface area contributed by atoms with Crippen LogP contribution in [0.2, 0.25) is 0 Å². The Bertz CT molecular complexity index is 695. The van der Waals surface area contributed by atoms with Crippen molar-refractivity contribution in [1.82, 2.24) is 9.55 Å². The van der Waals surface area contributed by atoms with Gasteiger partial charge in [0.1, 0.15) is 6.33 Å². The molecule has 0 saturated heterocycles. The van der Waals surface area contributed by atoms with Crippen LogP contribution < -0.4 is 0 Å². The summed E-state index contributed by atoms with van der Waals surface area (Å²) in [4.78, 5) is 16.4. The largest absolute Gasteiger partial charge is 0.449 e.